The largest absolute Gasteiger partial charge is 0.481 e. The zero-order valence-corrected chi connectivity index (χ0v) is 39.5. The van der Waals surface area contributed by atoms with Crippen LogP contribution < -0.4 is 10.6 Å². The number of aliphatic hydroxyl groups is 1. The number of ether oxygens (including phenoxy) is 1. The van der Waals surface area contributed by atoms with Gasteiger partial charge in [0.05, 0.1) is 29.0 Å². The summed E-state index contributed by atoms with van der Waals surface area (Å²) in [6.45, 7) is 23.2. The van der Waals surface area contributed by atoms with Gasteiger partial charge in [-0.1, -0.05) is 80.0 Å². The summed E-state index contributed by atoms with van der Waals surface area (Å²) in [6, 6.07) is 7.33. The SMILES string of the molecule is CC(C)C1=C2[C@H]3CC[C@@H]4[C@@]5(C)CC[C@H](OC(=O)[C@H]6C[C@@H](C(=O)O)C6(C)C)C(C)(C)[C@@H]5CC[C@@]4(C)[C@]3(C)CC[C@@]2([C@@H](O)CNC(=O)C(C)(C)NC(=O)c2nc3ccccc3[nH]2)CC1=O. The zero-order valence-electron chi connectivity index (χ0n) is 39.5. The minimum atomic E-state index is -1.32. The number of hydrogen-bond acceptors (Lipinski definition) is 8. The summed E-state index contributed by atoms with van der Waals surface area (Å²) in [7, 11) is 0. The highest BCUT2D eigenvalue weighted by Crippen LogP contribution is 2.77. The van der Waals surface area contributed by atoms with Gasteiger partial charge in [0.1, 0.15) is 11.6 Å². The van der Waals surface area contributed by atoms with Crippen molar-refractivity contribution in [2.24, 2.45) is 68.0 Å². The molecule has 2 amide bonds. The lowest BCUT2D eigenvalue weighted by molar-refractivity contribution is -0.238. The van der Waals surface area contributed by atoms with E-state index in [2.05, 4.69) is 69.1 Å². The molecule has 1 aromatic carbocycles. The Labute approximate surface area is 372 Å². The zero-order chi connectivity index (χ0) is 46.0. The molecule has 6 aliphatic rings. The lowest BCUT2D eigenvalue weighted by Gasteiger charge is -2.72. The number of aliphatic carboxylic acids is 1. The van der Waals surface area contributed by atoms with Crippen LogP contribution in [0.1, 0.15) is 151 Å². The fourth-order valence-corrected chi connectivity index (χ4v) is 15.3. The quantitative estimate of drug-likeness (QED) is 0.147. The van der Waals surface area contributed by atoms with Crippen LogP contribution >= 0.6 is 0 Å². The molecular weight excluding hydrogens is 797 g/mol. The number of benzene rings is 1. The second kappa shape index (κ2) is 15.0. The number of hydrogen-bond donors (Lipinski definition) is 5. The van der Waals surface area contributed by atoms with Crippen molar-refractivity contribution in [2.75, 3.05) is 6.54 Å². The fourth-order valence-electron chi connectivity index (χ4n) is 15.3. The number of carboxylic acids is 1. The number of nitrogens with zero attached hydrogens (tertiary/aromatic N) is 1. The number of H-pyrrole nitrogens is 1. The van der Waals surface area contributed by atoms with E-state index in [1.165, 1.54) is 0 Å². The van der Waals surface area contributed by atoms with E-state index in [1.807, 2.05) is 32.0 Å². The van der Waals surface area contributed by atoms with Crippen molar-refractivity contribution in [3.8, 4) is 0 Å². The van der Waals surface area contributed by atoms with Gasteiger partial charge in [-0.3, -0.25) is 24.0 Å². The summed E-state index contributed by atoms with van der Waals surface area (Å²) in [6.07, 6.45) is 6.48. The van der Waals surface area contributed by atoms with E-state index in [1.54, 1.807) is 19.9 Å². The molecule has 5 fully saturated rings. The number of carbonyl (C=O) groups excluding carboxylic acids is 4. The molecule has 5 saturated carbocycles. The number of aliphatic hydroxyl groups excluding tert-OH is 1. The number of rotatable bonds is 10. The molecule has 11 atom stereocenters. The van der Waals surface area contributed by atoms with Gasteiger partial charge in [0.25, 0.3) is 5.91 Å². The van der Waals surface area contributed by atoms with Gasteiger partial charge in [-0.15, -0.1) is 0 Å². The highest BCUT2D eigenvalue weighted by atomic mass is 16.5. The standard InChI is InChI=1S/C51H72N4O8/c1-27(2)38-33(56)25-51(36(57)26-52-44(62)47(7,8)55-41(58)40-53-31-14-12-13-15-32(31)54-40)23-22-49(10)28(39(38)51)16-17-35-48(9)20-19-37(46(5,6)34(48)18-21-50(35,49)11)63-43(61)30-24-29(42(59)60)45(30,3)4/h12-15,27-30,34-37,57H,16-26H2,1-11H3,(H,52,62)(H,53,54)(H,55,58)(H,59,60)/t28-,29+,30-,34+,35-,36+,37+,48+,49-,50-,51+/m1/s1. The van der Waals surface area contributed by atoms with Crippen molar-refractivity contribution in [1.82, 2.24) is 20.6 Å². The normalized spacial score (nSPS) is 37.2. The summed E-state index contributed by atoms with van der Waals surface area (Å²) in [4.78, 5) is 74.2. The van der Waals surface area contributed by atoms with Gasteiger partial charge in [0.15, 0.2) is 11.6 Å². The Kier molecular flexibility index (Phi) is 10.8. The molecule has 63 heavy (non-hydrogen) atoms. The molecule has 8 rings (SSSR count). The predicted molar refractivity (Wildman–Crippen MR) is 239 cm³/mol. The molecule has 5 N–H and O–H groups in total. The predicted octanol–water partition coefficient (Wildman–Crippen LogP) is 8.19. The van der Waals surface area contributed by atoms with Gasteiger partial charge in [-0.2, -0.15) is 0 Å². The maximum absolute atomic E-state index is 14.2. The summed E-state index contributed by atoms with van der Waals surface area (Å²) in [5.41, 5.74) is 0.169. The van der Waals surface area contributed by atoms with Crippen LogP contribution in [0.25, 0.3) is 11.0 Å². The number of fused-ring (bicyclic) bond motifs is 8. The highest BCUT2D eigenvalue weighted by molar-refractivity contribution is 6.01. The number of amides is 2. The average Bonchev–Trinajstić information content (AvgIpc) is 3.77. The van der Waals surface area contributed by atoms with E-state index >= 15 is 0 Å². The molecule has 1 heterocycles. The van der Waals surface area contributed by atoms with E-state index in [-0.39, 0.29) is 70.1 Å². The smallest absolute Gasteiger partial charge is 0.309 e. The van der Waals surface area contributed by atoms with E-state index in [0.29, 0.717) is 30.2 Å². The Balaban J connectivity index is 0.997. The van der Waals surface area contributed by atoms with E-state index in [4.69, 9.17) is 4.74 Å². The first-order valence-corrected chi connectivity index (χ1v) is 23.7. The third-order valence-corrected chi connectivity index (χ3v) is 19.2. The Morgan fingerprint density at radius 1 is 0.889 bits per heavy atom. The van der Waals surface area contributed by atoms with Crippen LogP contribution in [-0.2, 0) is 23.9 Å². The first-order chi connectivity index (χ1) is 29.3. The third-order valence-electron chi connectivity index (χ3n) is 19.2. The third kappa shape index (κ3) is 6.66. The van der Waals surface area contributed by atoms with Crippen LogP contribution in [0.3, 0.4) is 0 Å². The van der Waals surface area contributed by atoms with Crippen LogP contribution in [0.2, 0.25) is 0 Å². The monoisotopic (exact) mass is 869 g/mol. The van der Waals surface area contributed by atoms with Crippen LogP contribution in [-0.4, -0.2) is 74.0 Å². The average molecular weight is 869 g/mol. The van der Waals surface area contributed by atoms with Gasteiger partial charge in [-0.25, -0.2) is 4.98 Å². The Morgan fingerprint density at radius 2 is 1.59 bits per heavy atom. The maximum Gasteiger partial charge on any atom is 0.309 e. The number of carbonyl (C=O) groups is 5. The molecule has 12 nitrogen and oxygen atoms in total. The highest BCUT2D eigenvalue weighted by Gasteiger charge is 2.71. The number of esters is 1. The molecule has 0 radical (unpaired) electrons. The van der Waals surface area contributed by atoms with Gasteiger partial charge in [-0.05, 0) is 135 Å². The van der Waals surface area contributed by atoms with Crippen molar-refractivity contribution >= 4 is 40.6 Å². The molecule has 2 aromatic rings. The molecule has 0 aliphatic heterocycles. The Hall–Kier alpha value is -4.06. The van der Waals surface area contributed by atoms with Crippen molar-refractivity contribution in [2.45, 2.75) is 158 Å². The Morgan fingerprint density at radius 3 is 2.24 bits per heavy atom. The molecule has 6 aliphatic carbocycles. The minimum absolute atomic E-state index is 0.00322. The first-order valence-electron chi connectivity index (χ1n) is 23.7. The summed E-state index contributed by atoms with van der Waals surface area (Å²) in [5, 5.41) is 27.8. The number of Topliss-reactive ketones (excluding diaryl/α,β-unsaturated/α-hetero) is 1. The van der Waals surface area contributed by atoms with Crippen molar-refractivity contribution in [1.29, 1.82) is 0 Å². The van der Waals surface area contributed by atoms with Gasteiger partial charge < -0.3 is 30.6 Å². The van der Waals surface area contributed by atoms with E-state index in [9.17, 15) is 34.2 Å². The molecule has 344 valence electrons. The van der Waals surface area contributed by atoms with Crippen molar-refractivity contribution < 1.29 is 38.9 Å². The molecule has 1 aromatic heterocycles. The van der Waals surface area contributed by atoms with Gasteiger partial charge >= 0.3 is 11.9 Å². The number of aromatic nitrogens is 2. The number of nitrogens with one attached hydrogen (secondary N) is 3. The molecule has 12 heteroatoms. The molecule has 0 bridgehead atoms. The van der Waals surface area contributed by atoms with Crippen LogP contribution in [0.5, 0.6) is 0 Å². The summed E-state index contributed by atoms with van der Waals surface area (Å²) >= 11 is 0. The minimum Gasteiger partial charge on any atom is -0.481 e. The number of aromatic amines is 1. The van der Waals surface area contributed by atoms with Crippen molar-refractivity contribution in [3.05, 3.63) is 41.2 Å². The second-order valence-corrected chi connectivity index (χ2v) is 23.5. The lowest BCUT2D eigenvalue weighted by atomic mass is 9.33. The van der Waals surface area contributed by atoms with E-state index < -0.39 is 52.1 Å². The second-order valence-electron chi connectivity index (χ2n) is 23.5. The molecular formula is C51H72N4O8. The number of ketones is 1. The number of carboxylic acid groups (broad SMARTS) is 1. The van der Waals surface area contributed by atoms with E-state index in [0.717, 1.165) is 61.6 Å². The van der Waals surface area contributed by atoms with Crippen LogP contribution in [0, 0.1) is 68.0 Å². The number of allylic oxidation sites excluding steroid dienone is 1. The van der Waals surface area contributed by atoms with Gasteiger partial charge in [0, 0.05) is 23.8 Å². The topological polar surface area (TPSA) is 188 Å². The van der Waals surface area contributed by atoms with Crippen molar-refractivity contribution in [3.63, 3.8) is 0 Å². The summed E-state index contributed by atoms with van der Waals surface area (Å²) in [5.74, 6) is -1.96. The van der Waals surface area contributed by atoms with Crippen LogP contribution in [0.4, 0.5) is 0 Å². The maximum atomic E-state index is 14.2. The molecule has 0 saturated heterocycles. The summed E-state index contributed by atoms with van der Waals surface area (Å²) < 4.78 is 6.42. The fraction of sp³-hybridized carbons (Fsp3) is 0.725. The first kappa shape index (κ1) is 45.5. The Bertz CT molecular complexity index is 2240. The number of para-hydroxylation sites is 2. The molecule has 0 spiro atoms. The van der Waals surface area contributed by atoms with Gasteiger partial charge in [0.2, 0.25) is 5.91 Å². The van der Waals surface area contributed by atoms with Crippen LogP contribution in [0.15, 0.2) is 35.4 Å². The number of imidazole rings is 1. The molecule has 0 unspecified atom stereocenters. The lowest BCUT2D eigenvalue weighted by Crippen LogP contribution is -2.66.